The molecule has 1 aliphatic heterocycles. The van der Waals surface area contributed by atoms with E-state index in [0.29, 0.717) is 6.42 Å². The molecule has 5 nitrogen and oxygen atoms in total. The average molecular weight is 399 g/mol. The number of hydrogen-bond acceptors (Lipinski definition) is 5. The number of hydrogen-bond donors (Lipinski definition) is 2. The van der Waals surface area contributed by atoms with Crippen LogP contribution in [0.15, 0.2) is 82.6 Å². The van der Waals surface area contributed by atoms with Crippen molar-refractivity contribution < 1.29 is 9.21 Å². The molecular formula is C25H25N3O2. The van der Waals surface area contributed by atoms with Crippen LogP contribution < -0.4 is 15.5 Å². The number of anilines is 3. The van der Waals surface area contributed by atoms with Gasteiger partial charge < -0.3 is 20.0 Å². The van der Waals surface area contributed by atoms with Crippen LogP contribution in [0.2, 0.25) is 0 Å². The maximum Gasteiger partial charge on any atom is 0.163 e. The molecule has 1 aliphatic carbocycles. The minimum atomic E-state index is -0.296. The second kappa shape index (κ2) is 7.41. The van der Waals surface area contributed by atoms with Crippen molar-refractivity contribution >= 4 is 22.8 Å². The molecule has 152 valence electrons. The van der Waals surface area contributed by atoms with Crippen LogP contribution >= 0.6 is 0 Å². The van der Waals surface area contributed by atoms with Crippen molar-refractivity contribution in [3.8, 4) is 0 Å². The molecule has 30 heavy (non-hydrogen) atoms. The largest absolute Gasteiger partial charge is 0.467 e. The van der Waals surface area contributed by atoms with Gasteiger partial charge in [-0.05, 0) is 54.3 Å². The van der Waals surface area contributed by atoms with Gasteiger partial charge in [0.2, 0.25) is 0 Å². The summed E-state index contributed by atoms with van der Waals surface area (Å²) in [7, 11) is 4.07. The highest BCUT2D eigenvalue weighted by Crippen LogP contribution is 2.44. The molecule has 2 aliphatic rings. The van der Waals surface area contributed by atoms with Gasteiger partial charge in [-0.3, -0.25) is 4.79 Å². The van der Waals surface area contributed by atoms with Gasteiger partial charge in [0.15, 0.2) is 5.78 Å². The van der Waals surface area contributed by atoms with Gasteiger partial charge in [-0.1, -0.05) is 24.3 Å². The predicted molar refractivity (Wildman–Crippen MR) is 120 cm³/mol. The summed E-state index contributed by atoms with van der Waals surface area (Å²) in [6, 6.07) is 20.1. The number of ketones is 1. The summed E-state index contributed by atoms with van der Waals surface area (Å²) in [5.41, 5.74) is 6.06. The van der Waals surface area contributed by atoms with E-state index in [1.54, 1.807) is 6.26 Å². The van der Waals surface area contributed by atoms with Crippen molar-refractivity contribution in [2.45, 2.75) is 24.8 Å². The molecule has 0 fully saturated rings. The Kier molecular flexibility index (Phi) is 4.58. The van der Waals surface area contributed by atoms with Crippen LogP contribution in [0.5, 0.6) is 0 Å². The molecule has 0 amide bonds. The van der Waals surface area contributed by atoms with Crippen molar-refractivity contribution in [3.05, 3.63) is 89.5 Å². The first kappa shape index (κ1) is 18.6. The van der Waals surface area contributed by atoms with E-state index in [-0.39, 0.29) is 17.7 Å². The minimum absolute atomic E-state index is 0.155. The van der Waals surface area contributed by atoms with Gasteiger partial charge in [0.1, 0.15) is 11.8 Å². The quantitative estimate of drug-likeness (QED) is 0.624. The maximum absolute atomic E-state index is 13.4. The van der Waals surface area contributed by atoms with Crippen molar-refractivity contribution in [1.82, 2.24) is 0 Å². The lowest BCUT2D eigenvalue weighted by molar-refractivity contribution is -0.116. The summed E-state index contributed by atoms with van der Waals surface area (Å²) in [4.78, 5) is 15.5. The van der Waals surface area contributed by atoms with Crippen LogP contribution in [-0.4, -0.2) is 19.9 Å². The number of Topliss-reactive ketones (excluding diaryl/α,β-unsaturated/α-hetero) is 1. The topological polar surface area (TPSA) is 57.5 Å². The lowest BCUT2D eigenvalue weighted by atomic mass is 9.79. The van der Waals surface area contributed by atoms with Crippen molar-refractivity contribution in [2.75, 3.05) is 29.6 Å². The first-order valence-corrected chi connectivity index (χ1v) is 10.3. The summed E-state index contributed by atoms with van der Waals surface area (Å²) in [6.45, 7) is 0. The third-order valence-corrected chi connectivity index (χ3v) is 6.02. The summed E-state index contributed by atoms with van der Waals surface area (Å²) in [6.07, 6.45) is 2.94. The zero-order valence-corrected chi connectivity index (χ0v) is 17.2. The Hall–Kier alpha value is -3.47. The highest BCUT2D eigenvalue weighted by Gasteiger charge is 2.37. The highest BCUT2D eigenvalue weighted by molar-refractivity contribution is 6.01. The number of rotatable bonds is 3. The second-order valence-electron chi connectivity index (χ2n) is 8.17. The number of benzene rings is 2. The number of furan rings is 1. The Labute approximate surface area is 176 Å². The molecule has 5 rings (SSSR count). The third-order valence-electron chi connectivity index (χ3n) is 6.02. The van der Waals surface area contributed by atoms with E-state index >= 15 is 0 Å². The van der Waals surface area contributed by atoms with E-state index in [2.05, 4.69) is 39.8 Å². The lowest BCUT2D eigenvalue weighted by Gasteiger charge is -2.29. The van der Waals surface area contributed by atoms with Crippen LogP contribution in [-0.2, 0) is 4.79 Å². The van der Waals surface area contributed by atoms with Gasteiger partial charge in [0, 0.05) is 37.5 Å². The molecule has 2 aromatic carbocycles. The third kappa shape index (κ3) is 3.26. The lowest BCUT2D eigenvalue weighted by Crippen LogP contribution is -2.26. The van der Waals surface area contributed by atoms with Gasteiger partial charge in [-0.25, -0.2) is 0 Å². The van der Waals surface area contributed by atoms with Crippen LogP contribution in [0.1, 0.15) is 36.1 Å². The van der Waals surface area contributed by atoms with E-state index in [1.165, 1.54) is 5.56 Å². The fourth-order valence-corrected chi connectivity index (χ4v) is 4.44. The van der Waals surface area contributed by atoms with Crippen molar-refractivity contribution in [1.29, 1.82) is 0 Å². The Morgan fingerprint density at radius 2 is 1.70 bits per heavy atom. The summed E-state index contributed by atoms with van der Waals surface area (Å²) < 4.78 is 5.71. The average Bonchev–Trinajstić information content (AvgIpc) is 3.22. The van der Waals surface area contributed by atoms with Crippen molar-refractivity contribution in [2.24, 2.45) is 0 Å². The molecule has 0 spiro atoms. The molecule has 0 bridgehead atoms. The molecule has 0 unspecified atom stereocenters. The number of carbonyl (C=O) groups excluding carboxylic acids is 1. The number of nitrogens with one attached hydrogen (secondary N) is 2. The molecule has 1 aromatic heterocycles. The fourth-order valence-electron chi connectivity index (χ4n) is 4.44. The Morgan fingerprint density at radius 3 is 2.40 bits per heavy atom. The molecule has 2 N–H and O–H groups in total. The second-order valence-corrected chi connectivity index (χ2v) is 8.17. The monoisotopic (exact) mass is 399 g/mol. The van der Waals surface area contributed by atoms with Gasteiger partial charge in [-0.15, -0.1) is 0 Å². The van der Waals surface area contributed by atoms with E-state index < -0.39 is 0 Å². The Balaban J connectivity index is 1.54. The van der Waals surface area contributed by atoms with Crippen molar-refractivity contribution in [3.63, 3.8) is 0 Å². The van der Waals surface area contributed by atoms with E-state index in [9.17, 15) is 4.79 Å². The fraction of sp³-hybridized carbons (Fsp3) is 0.240. The smallest absolute Gasteiger partial charge is 0.163 e. The van der Waals surface area contributed by atoms with Gasteiger partial charge in [0.05, 0.1) is 17.6 Å². The summed E-state index contributed by atoms with van der Waals surface area (Å²) in [5, 5.41) is 7.09. The Morgan fingerprint density at radius 1 is 0.933 bits per heavy atom. The molecule has 0 saturated heterocycles. The molecule has 0 saturated carbocycles. The molecule has 3 aromatic rings. The first-order chi connectivity index (χ1) is 14.6. The van der Waals surface area contributed by atoms with Crippen LogP contribution in [0.3, 0.4) is 0 Å². The van der Waals surface area contributed by atoms with Gasteiger partial charge in [-0.2, -0.15) is 0 Å². The number of nitrogens with zero attached hydrogens (tertiary/aromatic N) is 1. The molecule has 5 heteroatoms. The van der Waals surface area contributed by atoms with Crippen LogP contribution in [0.25, 0.3) is 0 Å². The van der Waals surface area contributed by atoms with Gasteiger partial charge in [0.25, 0.3) is 0 Å². The van der Waals surface area contributed by atoms with Crippen LogP contribution in [0.4, 0.5) is 17.1 Å². The van der Waals surface area contributed by atoms with Crippen LogP contribution in [0, 0.1) is 0 Å². The molecular weight excluding hydrogens is 374 g/mol. The van der Waals surface area contributed by atoms with E-state index in [1.807, 2.05) is 50.5 Å². The molecule has 0 radical (unpaired) electrons. The normalized spacial score (nSPS) is 20.5. The number of carbonyl (C=O) groups is 1. The summed E-state index contributed by atoms with van der Waals surface area (Å²) >= 11 is 0. The number of para-hydroxylation sites is 2. The first-order valence-electron chi connectivity index (χ1n) is 10.3. The molecule has 2 heterocycles. The number of fused-ring (bicyclic) bond motifs is 1. The zero-order valence-electron chi connectivity index (χ0n) is 17.2. The highest BCUT2D eigenvalue weighted by atomic mass is 16.3. The Bertz CT molecular complexity index is 1100. The minimum Gasteiger partial charge on any atom is -0.467 e. The molecule has 2 atom stereocenters. The van der Waals surface area contributed by atoms with Gasteiger partial charge >= 0.3 is 0 Å². The summed E-state index contributed by atoms with van der Waals surface area (Å²) in [5.74, 6) is 1.07. The van der Waals surface area contributed by atoms with E-state index in [0.717, 1.165) is 40.5 Å². The van der Waals surface area contributed by atoms with E-state index in [4.69, 9.17) is 4.42 Å². The number of allylic oxidation sites excluding steroid dienone is 1. The zero-order chi connectivity index (χ0) is 20.7. The standard InChI is InChI=1S/C25H25N3O2/c1-28(2)18-11-9-16(10-12-18)17-14-21-24(22(29)15-17)25(23-8-5-13-30-23)27-20-7-4-3-6-19(20)26-21/h3-13,17,25-27H,14-15H2,1-2H3/t17-,25+/m1/s1. The maximum atomic E-state index is 13.4. The predicted octanol–water partition coefficient (Wildman–Crippen LogP) is 5.33. The SMILES string of the molecule is CN(C)c1ccc([C@H]2CC(=O)C3=C(C2)Nc2ccccc2N[C@H]3c2ccco2)cc1.